The molecule has 0 unspecified atom stereocenters. The number of aryl methyl sites for hydroxylation is 2. The second kappa shape index (κ2) is 8.66. The zero-order valence-corrected chi connectivity index (χ0v) is 17.7. The predicted molar refractivity (Wildman–Crippen MR) is 115 cm³/mol. The van der Waals surface area contributed by atoms with E-state index in [-0.39, 0.29) is 24.6 Å². The molecular formula is C24H23ClO4. The molecule has 150 valence electrons. The molecule has 2 aromatic carbocycles. The van der Waals surface area contributed by atoms with Crippen LogP contribution in [-0.4, -0.2) is 18.5 Å². The topological polar surface area (TPSA) is 52.6 Å². The number of benzene rings is 2. The van der Waals surface area contributed by atoms with Gasteiger partial charge in [-0.15, -0.1) is 0 Å². The zero-order chi connectivity index (χ0) is 21.1. The van der Waals surface area contributed by atoms with Gasteiger partial charge in [0.25, 0.3) is 0 Å². The molecule has 2 aromatic rings. The maximum Gasteiger partial charge on any atom is 0.513 e. The van der Waals surface area contributed by atoms with Crippen molar-refractivity contribution in [1.82, 2.24) is 0 Å². The monoisotopic (exact) mass is 410 g/mol. The SMILES string of the molecule is CCOC(=O)OC1=C(c2c(C)cc(-c3ccc(Cl)cc3)cc2C)C(=O)CC=C1C. The summed E-state index contributed by atoms with van der Waals surface area (Å²) in [7, 11) is 0. The minimum Gasteiger partial charge on any atom is -0.434 e. The van der Waals surface area contributed by atoms with Gasteiger partial charge in [-0.25, -0.2) is 4.79 Å². The molecule has 29 heavy (non-hydrogen) atoms. The van der Waals surface area contributed by atoms with Gasteiger partial charge in [0, 0.05) is 11.4 Å². The summed E-state index contributed by atoms with van der Waals surface area (Å²) in [6, 6.07) is 11.7. The number of carbonyl (C=O) groups excluding carboxylic acids is 2. The van der Waals surface area contributed by atoms with E-state index in [1.165, 1.54) is 0 Å². The summed E-state index contributed by atoms with van der Waals surface area (Å²) in [6.45, 7) is 7.64. The molecule has 0 aliphatic heterocycles. The van der Waals surface area contributed by atoms with Gasteiger partial charge < -0.3 is 9.47 Å². The fourth-order valence-electron chi connectivity index (χ4n) is 3.55. The van der Waals surface area contributed by atoms with E-state index in [1.807, 2.05) is 57.2 Å². The van der Waals surface area contributed by atoms with Crippen molar-refractivity contribution in [2.45, 2.75) is 34.1 Å². The van der Waals surface area contributed by atoms with Gasteiger partial charge in [0.05, 0.1) is 12.2 Å². The first-order valence-electron chi connectivity index (χ1n) is 9.48. The van der Waals surface area contributed by atoms with Crippen molar-refractivity contribution in [2.75, 3.05) is 6.61 Å². The molecule has 0 fully saturated rings. The molecule has 3 rings (SSSR count). The van der Waals surface area contributed by atoms with Crippen LogP contribution in [0.15, 0.2) is 53.8 Å². The molecule has 1 aliphatic rings. The molecule has 0 amide bonds. The summed E-state index contributed by atoms with van der Waals surface area (Å²) in [5.74, 6) is 0.186. The third-order valence-corrected chi connectivity index (χ3v) is 5.12. The fourth-order valence-corrected chi connectivity index (χ4v) is 3.67. The highest BCUT2D eigenvalue weighted by atomic mass is 35.5. The van der Waals surface area contributed by atoms with E-state index < -0.39 is 6.16 Å². The van der Waals surface area contributed by atoms with Gasteiger partial charge >= 0.3 is 6.16 Å². The molecule has 0 bridgehead atoms. The number of carbonyl (C=O) groups is 2. The second-order valence-electron chi connectivity index (χ2n) is 7.00. The number of hydrogen-bond acceptors (Lipinski definition) is 4. The molecule has 0 heterocycles. The van der Waals surface area contributed by atoms with E-state index in [2.05, 4.69) is 0 Å². The summed E-state index contributed by atoms with van der Waals surface area (Å²) in [4.78, 5) is 24.8. The number of hydrogen-bond donors (Lipinski definition) is 0. The highest BCUT2D eigenvalue weighted by Crippen LogP contribution is 2.36. The molecular weight excluding hydrogens is 388 g/mol. The van der Waals surface area contributed by atoms with Crippen LogP contribution in [0, 0.1) is 13.8 Å². The minimum atomic E-state index is -0.810. The smallest absolute Gasteiger partial charge is 0.434 e. The normalized spacial score (nSPS) is 14.0. The van der Waals surface area contributed by atoms with Crippen molar-refractivity contribution < 1.29 is 19.1 Å². The van der Waals surface area contributed by atoms with Crippen LogP contribution in [0.4, 0.5) is 4.79 Å². The lowest BCUT2D eigenvalue weighted by molar-refractivity contribution is -0.113. The lowest BCUT2D eigenvalue weighted by Gasteiger charge is -2.22. The van der Waals surface area contributed by atoms with Crippen molar-refractivity contribution in [1.29, 1.82) is 0 Å². The number of Topliss-reactive ketones (excluding diaryl/α,β-unsaturated/α-hetero) is 1. The summed E-state index contributed by atoms with van der Waals surface area (Å²) in [5, 5.41) is 0.680. The largest absolute Gasteiger partial charge is 0.513 e. The highest BCUT2D eigenvalue weighted by Gasteiger charge is 2.28. The zero-order valence-electron chi connectivity index (χ0n) is 17.0. The van der Waals surface area contributed by atoms with Crippen LogP contribution in [0.3, 0.4) is 0 Å². The Bertz CT molecular complexity index is 1010. The van der Waals surface area contributed by atoms with Crippen molar-refractivity contribution in [3.05, 3.63) is 75.5 Å². The van der Waals surface area contributed by atoms with Crippen LogP contribution in [0.5, 0.6) is 0 Å². The van der Waals surface area contributed by atoms with Gasteiger partial charge in [-0.1, -0.05) is 41.9 Å². The maximum atomic E-state index is 12.8. The van der Waals surface area contributed by atoms with Crippen LogP contribution in [0.25, 0.3) is 16.7 Å². The van der Waals surface area contributed by atoms with E-state index in [4.69, 9.17) is 21.1 Å². The lowest BCUT2D eigenvalue weighted by Crippen LogP contribution is -2.17. The number of allylic oxidation sites excluding steroid dienone is 3. The first-order valence-corrected chi connectivity index (χ1v) is 9.86. The van der Waals surface area contributed by atoms with Gasteiger partial charge in [0.15, 0.2) is 5.78 Å². The average molecular weight is 411 g/mol. The Morgan fingerprint density at radius 3 is 2.24 bits per heavy atom. The summed E-state index contributed by atoms with van der Waals surface area (Å²) >= 11 is 6.00. The number of ketones is 1. The van der Waals surface area contributed by atoms with Crippen molar-refractivity contribution in [2.24, 2.45) is 0 Å². The molecule has 5 heteroatoms. The fraction of sp³-hybridized carbons (Fsp3) is 0.250. The Labute approximate surface area is 175 Å². The van der Waals surface area contributed by atoms with Crippen LogP contribution in [0.2, 0.25) is 5.02 Å². The van der Waals surface area contributed by atoms with Crippen molar-refractivity contribution in [3.8, 4) is 11.1 Å². The number of halogens is 1. The van der Waals surface area contributed by atoms with E-state index in [0.29, 0.717) is 10.6 Å². The molecule has 0 atom stereocenters. The van der Waals surface area contributed by atoms with E-state index >= 15 is 0 Å². The molecule has 0 saturated carbocycles. The van der Waals surface area contributed by atoms with Gasteiger partial charge in [-0.05, 0) is 73.2 Å². The Kier molecular flexibility index (Phi) is 6.23. The third kappa shape index (κ3) is 4.43. The van der Waals surface area contributed by atoms with Gasteiger partial charge in [-0.3, -0.25) is 4.79 Å². The van der Waals surface area contributed by atoms with Crippen LogP contribution in [-0.2, 0) is 14.3 Å². The van der Waals surface area contributed by atoms with Crippen LogP contribution >= 0.6 is 11.6 Å². The summed E-state index contributed by atoms with van der Waals surface area (Å²) in [6.07, 6.45) is 1.23. The predicted octanol–water partition coefficient (Wildman–Crippen LogP) is 6.43. The third-order valence-electron chi connectivity index (χ3n) is 4.87. The molecule has 0 saturated heterocycles. The minimum absolute atomic E-state index is 0.0830. The van der Waals surface area contributed by atoms with Crippen LogP contribution < -0.4 is 0 Å². The molecule has 0 aromatic heterocycles. The number of rotatable bonds is 4. The quantitative estimate of drug-likeness (QED) is 0.545. The summed E-state index contributed by atoms with van der Waals surface area (Å²) < 4.78 is 10.3. The molecule has 4 nitrogen and oxygen atoms in total. The number of ether oxygens (including phenoxy) is 2. The maximum absolute atomic E-state index is 12.8. The first-order chi connectivity index (χ1) is 13.8. The van der Waals surface area contributed by atoms with E-state index in [1.54, 1.807) is 13.0 Å². The van der Waals surface area contributed by atoms with Gasteiger partial charge in [-0.2, -0.15) is 0 Å². The summed E-state index contributed by atoms with van der Waals surface area (Å²) in [5.41, 5.74) is 5.89. The Hall–Kier alpha value is -2.85. The first kappa shape index (κ1) is 20.9. The van der Waals surface area contributed by atoms with E-state index in [0.717, 1.165) is 33.4 Å². The average Bonchev–Trinajstić information content (AvgIpc) is 2.67. The Balaban J connectivity index is 2.13. The van der Waals surface area contributed by atoms with E-state index in [9.17, 15) is 9.59 Å². The second-order valence-corrected chi connectivity index (χ2v) is 7.43. The molecule has 0 N–H and O–H groups in total. The standard InChI is InChI=1S/C24H23ClO4/c1-5-28-24(27)29-23-14(2)6-11-20(26)22(23)21-15(3)12-18(13-16(21)4)17-7-9-19(25)10-8-17/h6-10,12-13H,5,11H2,1-4H3. The Morgan fingerprint density at radius 1 is 1.03 bits per heavy atom. The molecule has 1 aliphatic carbocycles. The van der Waals surface area contributed by atoms with Crippen molar-refractivity contribution in [3.63, 3.8) is 0 Å². The van der Waals surface area contributed by atoms with Gasteiger partial charge in [0.2, 0.25) is 0 Å². The van der Waals surface area contributed by atoms with Crippen LogP contribution in [0.1, 0.15) is 37.0 Å². The molecule has 0 radical (unpaired) electrons. The highest BCUT2D eigenvalue weighted by molar-refractivity contribution is 6.30. The van der Waals surface area contributed by atoms with Gasteiger partial charge in [0.1, 0.15) is 5.76 Å². The van der Waals surface area contributed by atoms with Crippen molar-refractivity contribution >= 4 is 29.1 Å². The molecule has 0 spiro atoms. The lowest BCUT2D eigenvalue weighted by atomic mass is 9.85. The Morgan fingerprint density at radius 2 is 1.66 bits per heavy atom.